The summed E-state index contributed by atoms with van der Waals surface area (Å²) in [6.45, 7) is 8.88. The lowest BCUT2D eigenvalue weighted by molar-refractivity contribution is 0.643. The predicted octanol–water partition coefficient (Wildman–Crippen LogP) is 2.82. The van der Waals surface area contributed by atoms with E-state index in [4.69, 9.17) is 4.98 Å². The number of thioether (sulfide) groups is 1. The highest BCUT2D eigenvalue weighted by Gasteiger charge is 2.16. The number of thiazole rings is 1. The van der Waals surface area contributed by atoms with Gasteiger partial charge in [0, 0.05) is 34.9 Å². The van der Waals surface area contributed by atoms with Crippen LogP contribution in [0.1, 0.15) is 36.3 Å². The van der Waals surface area contributed by atoms with Crippen molar-refractivity contribution in [2.75, 3.05) is 6.54 Å². The van der Waals surface area contributed by atoms with Crippen LogP contribution in [0.2, 0.25) is 0 Å². The van der Waals surface area contributed by atoms with Crippen LogP contribution < -0.4 is 5.32 Å². The first-order valence-electron chi connectivity index (χ1n) is 5.37. The smallest absolute Gasteiger partial charge is 0.103 e. The molecule has 0 aromatic carbocycles. The SMILES string of the molecule is CC(C)(C)SCc1nc2c(s1)CNCC2. The number of hydrogen-bond acceptors (Lipinski definition) is 4. The zero-order chi connectivity index (χ0) is 10.9. The molecule has 4 heteroatoms. The lowest BCUT2D eigenvalue weighted by Gasteiger charge is -2.16. The molecule has 0 aliphatic carbocycles. The van der Waals surface area contributed by atoms with E-state index in [1.165, 1.54) is 15.6 Å². The van der Waals surface area contributed by atoms with E-state index >= 15 is 0 Å². The van der Waals surface area contributed by atoms with Gasteiger partial charge in [-0.2, -0.15) is 0 Å². The van der Waals surface area contributed by atoms with Gasteiger partial charge in [0.25, 0.3) is 0 Å². The second kappa shape index (κ2) is 4.44. The fourth-order valence-corrected chi connectivity index (χ4v) is 3.43. The monoisotopic (exact) mass is 242 g/mol. The molecular weight excluding hydrogens is 224 g/mol. The Morgan fingerprint density at radius 2 is 2.27 bits per heavy atom. The highest BCUT2D eigenvalue weighted by Crippen LogP contribution is 2.30. The molecular formula is C11H18N2S2. The minimum absolute atomic E-state index is 0.338. The van der Waals surface area contributed by atoms with E-state index < -0.39 is 0 Å². The maximum absolute atomic E-state index is 4.71. The minimum atomic E-state index is 0.338. The van der Waals surface area contributed by atoms with Gasteiger partial charge in [0.15, 0.2) is 0 Å². The van der Waals surface area contributed by atoms with Crippen molar-refractivity contribution in [1.29, 1.82) is 0 Å². The summed E-state index contributed by atoms with van der Waals surface area (Å²) < 4.78 is 0.338. The summed E-state index contributed by atoms with van der Waals surface area (Å²) in [6.07, 6.45) is 1.10. The largest absolute Gasteiger partial charge is 0.311 e. The Morgan fingerprint density at radius 1 is 1.47 bits per heavy atom. The van der Waals surface area contributed by atoms with Crippen LogP contribution in [0.5, 0.6) is 0 Å². The molecule has 0 unspecified atom stereocenters. The van der Waals surface area contributed by atoms with Gasteiger partial charge in [-0.25, -0.2) is 4.98 Å². The van der Waals surface area contributed by atoms with Gasteiger partial charge in [-0.3, -0.25) is 0 Å². The van der Waals surface area contributed by atoms with Crippen molar-refractivity contribution in [3.8, 4) is 0 Å². The molecule has 15 heavy (non-hydrogen) atoms. The maximum atomic E-state index is 4.71. The van der Waals surface area contributed by atoms with Crippen LogP contribution in [0, 0.1) is 0 Å². The Bertz CT molecular complexity index is 315. The summed E-state index contributed by atoms with van der Waals surface area (Å²) in [4.78, 5) is 6.16. The Hall–Kier alpha value is -0.0600. The Morgan fingerprint density at radius 3 is 2.93 bits per heavy atom. The molecule has 1 aliphatic heterocycles. The van der Waals surface area contributed by atoms with Crippen LogP contribution in [0.3, 0.4) is 0 Å². The molecule has 1 aromatic heterocycles. The first-order valence-corrected chi connectivity index (χ1v) is 7.17. The quantitative estimate of drug-likeness (QED) is 0.863. The first kappa shape index (κ1) is 11.4. The number of nitrogens with zero attached hydrogens (tertiary/aromatic N) is 1. The highest BCUT2D eigenvalue weighted by molar-refractivity contribution is 7.99. The lowest BCUT2D eigenvalue weighted by Crippen LogP contribution is -2.22. The van der Waals surface area contributed by atoms with Crippen LogP contribution in [-0.2, 0) is 18.7 Å². The fraction of sp³-hybridized carbons (Fsp3) is 0.727. The Kier molecular flexibility index (Phi) is 3.38. The molecule has 1 aromatic rings. The molecule has 0 bridgehead atoms. The van der Waals surface area contributed by atoms with Gasteiger partial charge in [0.2, 0.25) is 0 Å². The van der Waals surface area contributed by atoms with Gasteiger partial charge >= 0.3 is 0 Å². The number of fused-ring (bicyclic) bond motifs is 1. The van der Waals surface area contributed by atoms with Gasteiger partial charge < -0.3 is 5.32 Å². The highest BCUT2D eigenvalue weighted by atomic mass is 32.2. The van der Waals surface area contributed by atoms with E-state index in [9.17, 15) is 0 Å². The third-order valence-corrected chi connectivity index (χ3v) is 4.84. The molecule has 0 radical (unpaired) electrons. The molecule has 0 saturated carbocycles. The number of aromatic nitrogens is 1. The van der Waals surface area contributed by atoms with Crippen molar-refractivity contribution in [1.82, 2.24) is 10.3 Å². The molecule has 2 rings (SSSR count). The molecule has 1 aliphatic rings. The van der Waals surface area contributed by atoms with Crippen LogP contribution in [0.15, 0.2) is 0 Å². The minimum Gasteiger partial charge on any atom is -0.311 e. The molecule has 0 atom stereocenters. The third-order valence-electron chi connectivity index (χ3n) is 2.28. The second-order valence-corrected chi connectivity index (χ2v) is 7.78. The van der Waals surface area contributed by atoms with E-state index in [1.54, 1.807) is 0 Å². The number of rotatable bonds is 2. The van der Waals surface area contributed by atoms with Gasteiger partial charge in [0.1, 0.15) is 5.01 Å². The van der Waals surface area contributed by atoms with E-state index in [2.05, 4.69) is 26.1 Å². The molecule has 0 spiro atoms. The van der Waals surface area contributed by atoms with E-state index in [0.717, 1.165) is 25.3 Å². The molecule has 2 heterocycles. The third kappa shape index (κ3) is 3.20. The summed E-state index contributed by atoms with van der Waals surface area (Å²) in [5.74, 6) is 1.06. The fourth-order valence-electron chi connectivity index (χ4n) is 1.52. The van der Waals surface area contributed by atoms with Gasteiger partial charge in [-0.1, -0.05) is 20.8 Å². The summed E-state index contributed by atoms with van der Waals surface area (Å²) in [7, 11) is 0. The molecule has 84 valence electrons. The molecule has 0 amide bonds. The average Bonchev–Trinajstić information content (AvgIpc) is 2.56. The predicted molar refractivity (Wildman–Crippen MR) is 68.6 cm³/mol. The maximum Gasteiger partial charge on any atom is 0.103 e. The van der Waals surface area contributed by atoms with Gasteiger partial charge in [-0.05, 0) is 0 Å². The first-order chi connectivity index (χ1) is 7.04. The van der Waals surface area contributed by atoms with E-state index in [1.807, 2.05) is 23.1 Å². The van der Waals surface area contributed by atoms with Gasteiger partial charge in [-0.15, -0.1) is 23.1 Å². The zero-order valence-electron chi connectivity index (χ0n) is 9.59. The standard InChI is InChI=1S/C11H18N2S2/c1-11(2,3)14-7-10-13-8-4-5-12-6-9(8)15-10/h12H,4-7H2,1-3H3. The number of hydrogen-bond donors (Lipinski definition) is 1. The van der Waals surface area contributed by atoms with Gasteiger partial charge in [0.05, 0.1) is 5.69 Å². The summed E-state index contributed by atoms with van der Waals surface area (Å²) >= 11 is 3.86. The average molecular weight is 242 g/mol. The summed E-state index contributed by atoms with van der Waals surface area (Å²) in [6, 6.07) is 0. The van der Waals surface area contributed by atoms with Crippen LogP contribution in [0.4, 0.5) is 0 Å². The van der Waals surface area contributed by atoms with E-state index in [0.29, 0.717) is 4.75 Å². The van der Waals surface area contributed by atoms with Crippen molar-refractivity contribution < 1.29 is 0 Å². The summed E-state index contributed by atoms with van der Waals surface area (Å²) in [5.41, 5.74) is 1.34. The van der Waals surface area contributed by atoms with Crippen molar-refractivity contribution in [3.05, 3.63) is 15.6 Å². The van der Waals surface area contributed by atoms with Crippen molar-refractivity contribution in [2.24, 2.45) is 0 Å². The normalized spacial score (nSPS) is 16.5. The Labute approximate surface area is 99.9 Å². The van der Waals surface area contributed by atoms with Crippen LogP contribution in [-0.4, -0.2) is 16.3 Å². The second-order valence-electron chi connectivity index (χ2n) is 4.81. The lowest BCUT2D eigenvalue weighted by atomic mass is 10.2. The molecule has 2 nitrogen and oxygen atoms in total. The zero-order valence-corrected chi connectivity index (χ0v) is 11.2. The molecule has 0 fully saturated rings. The van der Waals surface area contributed by atoms with Crippen molar-refractivity contribution >= 4 is 23.1 Å². The van der Waals surface area contributed by atoms with E-state index in [-0.39, 0.29) is 0 Å². The van der Waals surface area contributed by atoms with Crippen LogP contribution >= 0.6 is 23.1 Å². The summed E-state index contributed by atoms with van der Waals surface area (Å²) in [5, 5.41) is 4.69. The topological polar surface area (TPSA) is 24.9 Å². The van der Waals surface area contributed by atoms with Crippen molar-refractivity contribution in [2.45, 2.75) is 44.2 Å². The van der Waals surface area contributed by atoms with Crippen molar-refractivity contribution in [3.63, 3.8) is 0 Å². The van der Waals surface area contributed by atoms with Crippen LogP contribution in [0.25, 0.3) is 0 Å². The molecule has 1 N–H and O–H groups in total. The molecule has 0 saturated heterocycles. The number of nitrogens with one attached hydrogen (secondary N) is 1. The Balaban J connectivity index is 2.01.